The average molecular weight is 406 g/mol. The highest BCUT2D eigenvalue weighted by atomic mass is 35.5. The number of nitrogens with zero attached hydrogens (tertiary/aromatic N) is 1. The molecule has 1 aliphatic rings. The summed E-state index contributed by atoms with van der Waals surface area (Å²) >= 11 is 0. The van der Waals surface area contributed by atoms with Crippen molar-refractivity contribution in [2.75, 3.05) is 26.7 Å². The molecule has 1 amide bonds. The van der Waals surface area contributed by atoms with E-state index in [-0.39, 0.29) is 36.8 Å². The molecule has 0 spiro atoms. The first-order chi connectivity index (χ1) is 11.7. The summed E-state index contributed by atoms with van der Waals surface area (Å²) in [4.78, 5) is 14.4. The Labute approximate surface area is 169 Å². The predicted molar refractivity (Wildman–Crippen MR) is 111 cm³/mol. The fraction of sp³-hybridized carbons (Fsp3) is 0.632. The van der Waals surface area contributed by atoms with Gasteiger partial charge in [0.1, 0.15) is 0 Å². The number of carbonyl (C=O) groups is 1. The maximum Gasteiger partial charge on any atom is 0.222 e. The van der Waals surface area contributed by atoms with Crippen LogP contribution in [0.2, 0.25) is 0 Å². The summed E-state index contributed by atoms with van der Waals surface area (Å²) in [5, 5.41) is 2.92. The Balaban J connectivity index is 0.00000312. The van der Waals surface area contributed by atoms with E-state index in [1.165, 1.54) is 44.3 Å². The number of hydrogen-bond donors (Lipinski definition) is 2. The molecular weight excluding hydrogens is 373 g/mol. The van der Waals surface area contributed by atoms with E-state index in [9.17, 15) is 4.79 Å². The van der Waals surface area contributed by atoms with Crippen LogP contribution in [-0.4, -0.2) is 43.7 Å². The molecule has 1 aliphatic heterocycles. The number of nitrogens with one attached hydrogen (secondary N) is 1. The molecule has 1 aromatic carbocycles. The van der Waals surface area contributed by atoms with E-state index in [1.54, 1.807) is 7.11 Å². The fourth-order valence-corrected chi connectivity index (χ4v) is 3.06. The molecule has 5 nitrogen and oxygen atoms in total. The van der Waals surface area contributed by atoms with E-state index in [4.69, 9.17) is 10.5 Å². The molecule has 1 saturated heterocycles. The maximum atomic E-state index is 11.9. The van der Waals surface area contributed by atoms with Crippen LogP contribution in [0.25, 0.3) is 0 Å². The summed E-state index contributed by atoms with van der Waals surface area (Å²) in [7, 11) is 1.58. The first kappa shape index (κ1) is 25.1. The van der Waals surface area contributed by atoms with Crippen LogP contribution in [0.4, 0.5) is 0 Å². The Kier molecular flexibility index (Phi) is 13.8. The standard InChI is InChI=1S/C19H31N3O2.2ClH/c1-24-18(13-20)12-19(23)21-14-16-6-8-17(9-7-16)15-22-10-4-2-3-5-11-22;;/h6-9,18H,2-5,10-15,20H2,1H3,(H,21,23);2*1H. The molecule has 150 valence electrons. The van der Waals surface area contributed by atoms with Crippen molar-refractivity contribution in [3.63, 3.8) is 0 Å². The summed E-state index contributed by atoms with van der Waals surface area (Å²) in [6.45, 7) is 4.34. The molecule has 1 unspecified atom stereocenters. The van der Waals surface area contributed by atoms with E-state index >= 15 is 0 Å². The molecule has 0 bridgehead atoms. The predicted octanol–water partition coefficient (Wildman–Crippen LogP) is 2.89. The molecule has 1 aromatic rings. The molecule has 0 radical (unpaired) electrons. The number of ether oxygens (including phenoxy) is 1. The molecule has 26 heavy (non-hydrogen) atoms. The van der Waals surface area contributed by atoms with Crippen molar-refractivity contribution in [3.8, 4) is 0 Å². The Morgan fingerprint density at radius 1 is 1.12 bits per heavy atom. The third-order valence-electron chi connectivity index (χ3n) is 4.63. The van der Waals surface area contributed by atoms with Crippen LogP contribution in [0.15, 0.2) is 24.3 Å². The third-order valence-corrected chi connectivity index (χ3v) is 4.63. The minimum atomic E-state index is -0.207. The highest BCUT2D eigenvalue weighted by Crippen LogP contribution is 2.14. The number of methoxy groups -OCH3 is 1. The minimum absolute atomic E-state index is 0. The van der Waals surface area contributed by atoms with Crippen molar-refractivity contribution >= 4 is 30.7 Å². The van der Waals surface area contributed by atoms with E-state index in [0.29, 0.717) is 19.5 Å². The lowest BCUT2D eigenvalue weighted by molar-refractivity contribution is -0.123. The molecule has 3 N–H and O–H groups in total. The van der Waals surface area contributed by atoms with Gasteiger partial charge in [0.05, 0.1) is 12.5 Å². The number of amides is 1. The van der Waals surface area contributed by atoms with Crippen molar-refractivity contribution in [2.45, 2.75) is 51.3 Å². The zero-order valence-corrected chi connectivity index (χ0v) is 17.2. The Morgan fingerprint density at radius 2 is 1.69 bits per heavy atom. The smallest absolute Gasteiger partial charge is 0.222 e. The van der Waals surface area contributed by atoms with Gasteiger partial charge in [0.15, 0.2) is 0 Å². The van der Waals surface area contributed by atoms with E-state index in [2.05, 4.69) is 34.5 Å². The van der Waals surface area contributed by atoms with Crippen molar-refractivity contribution in [1.82, 2.24) is 10.2 Å². The van der Waals surface area contributed by atoms with Crippen LogP contribution in [0.1, 0.15) is 43.2 Å². The zero-order valence-electron chi connectivity index (χ0n) is 15.6. The summed E-state index contributed by atoms with van der Waals surface area (Å²) < 4.78 is 5.13. The van der Waals surface area contributed by atoms with Gasteiger partial charge in [-0.2, -0.15) is 0 Å². The molecule has 0 saturated carbocycles. The molecule has 1 atom stereocenters. The summed E-state index contributed by atoms with van der Waals surface area (Å²) in [6.07, 6.45) is 5.46. The highest BCUT2D eigenvalue weighted by Gasteiger charge is 2.11. The molecule has 2 rings (SSSR count). The van der Waals surface area contributed by atoms with Gasteiger partial charge in [-0.25, -0.2) is 0 Å². The van der Waals surface area contributed by atoms with Gasteiger partial charge < -0.3 is 15.8 Å². The van der Waals surface area contributed by atoms with Crippen LogP contribution >= 0.6 is 24.8 Å². The van der Waals surface area contributed by atoms with Gasteiger partial charge in [-0.05, 0) is 37.1 Å². The second-order valence-corrected chi connectivity index (χ2v) is 6.58. The summed E-state index contributed by atoms with van der Waals surface area (Å²) in [6, 6.07) is 8.54. The maximum absolute atomic E-state index is 11.9. The molecule has 7 heteroatoms. The molecule has 0 aromatic heterocycles. The summed E-state index contributed by atoms with van der Waals surface area (Å²) in [5.74, 6) is -0.0269. The lowest BCUT2D eigenvalue weighted by Crippen LogP contribution is -2.31. The Hall–Kier alpha value is -0.850. The van der Waals surface area contributed by atoms with Gasteiger partial charge in [-0.1, -0.05) is 37.1 Å². The Bertz CT molecular complexity index is 488. The first-order valence-corrected chi connectivity index (χ1v) is 9.01. The SMILES string of the molecule is COC(CN)CC(=O)NCc1ccc(CN2CCCCCC2)cc1.Cl.Cl. The highest BCUT2D eigenvalue weighted by molar-refractivity contribution is 5.85. The van der Waals surface area contributed by atoms with Gasteiger partial charge in [-0.3, -0.25) is 9.69 Å². The summed E-state index contributed by atoms with van der Waals surface area (Å²) in [5.41, 5.74) is 7.99. The second kappa shape index (κ2) is 14.2. The van der Waals surface area contributed by atoms with Crippen molar-refractivity contribution in [1.29, 1.82) is 0 Å². The second-order valence-electron chi connectivity index (χ2n) is 6.58. The number of rotatable bonds is 8. The van der Waals surface area contributed by atoms with Gasteiger partial charge >= 0.3 is 0 Å². The average Bonchev–Trinajstić information content (AvgIpc) is 2.87. The zero-order chi connectivity index (χ0) is 17.2. The van der Waals surface area contributed by atoms with E-state index in [1.807, 2.05) is 0 Å². The largest absolute Gasteiger partial charge is 0.380 e. The number of nitrogens with two attached hydrogens (primary N) is 1. The number of carbonyl (C=O) groups excluding carboxylic acids is 1. The topological polar surface area (TPSA) is 67.6 Å². The molecule has 0 aliphatic carbocycles. The number of hydrogen-bond acceptors (Lipinski definition) is 4. The normalized spacial score (nSPS) is 15.9. The number of halogens is 2. The minimum Gasteiger partial charge on any atom is -0.380 e. The van der Waals surface area contributed by atoms with Crippen LogP contribution < -0.4 is 11.1 Å². The van der Waals surface area contributed by atoms with Crippen LogP contribution in [0.3, 0.4) is 0 Å². The van der Waals surface area contributed by atoms with Crippen molar-refractivity contribution < 1.29 is 9.53 Å². The quantitative estimate of drug-likeness (QED) is 0.697. The van der Waals surface area contributed by atoms with Crippen LogP contribution in [0.5, 0.6) is 0 Å². The van der Waals surface area contributed by atoms with Crippen LogP contribution in [-0.2, 0) is 22.6 Å². The van der Waals surface area contributed by atoms with Crippen molar-refractivity contribution in [2.24, 2.45) is 5.73 Å². The van der Waals surface area contributed by atoms with Gasteiger partial charge in [0.25, 0.3) is 0 Å². The lowest BCUT2D eigenvalue weighted by Gasteiger charge is -2.19. The van der Waals surface area contributed by atoms with Crippen LogP contribution in [0, 0.1) is 0 Å². The monoisotopic (exact) mass is 405 g/mol. The molecular formula is C19H33Cl2N3O2. The first-order valence-electron chi connectivity index (χ1n) is 9.01. The Morgan fingerprint density at radius 3 is 2.23 bits per heavy atom. The van der Waals surface area contributed by atoms with E-state index in [0.717, 1.165) is 12.1 Å². The van der Waals surface area contributed by atoms with E-state index < -0.39 is 0 Å². The number of benzene rings is 1. The number of likely N-dealkylation sites (tertiary alicyclic amines) is 1. The van der Waals surface area contributed by atoms with Gasteiger partial charge in [-0.15, -0.1) is 24.8 Å². The molecule has 1 fully saturated rings. The van der Waals surface area contributed by atoms with Crippen molar-refractivity contribution in [3.05, 3.63) is 35.4 Å². The van der Waals surface area contributed by atoms with Gasteiger partial charge in [0.2, 0.25) is 5.91 Å². The third kappa shape index (κ3) is 9.19. The lowest BCUT2D eigenvalue weighted by atomic mass is 10.1. The fourth-order valence-electron chi connectivity index (χ4n) is 3.06. The van der Waals surface area contributed by atoms with Gasteiger partial charge in [0, 0.05) is 26.7 Å². The molecule has 1 heterocycles.